The third-order valence-corrected chi connectivity index (χ3v) is 16.8. The molecule has 1 aliphatic rings. The van der Waals surface area contributed by atoms with Crippen LogP contribution in [0.25, 0.3) is 0 Å². The van der Waals surface area contributed by atoms with Gasteiger partial charge in [-0.3, -0.25) is 4.31 Å². The van der Waals surface area contributed by atoms with Crippen molar-refractivity contribution in [2.24, 2.45) is 0 Å². The number of benzene rings is 3. The molecule has 0 aromatic heterocycles. The van der Waals surface area contributed by atoms with Crippen LogP contribution in [0, 0.1) is 12.7 Å². The molecule has 0 aliphatic carbocycles. The highest BCUT2D eigenvalue weighted by Crippen LogP contribution is 2.38. The van der Waals surface area contributed by atoms with Gasteiger partial charge in [-0.2, -0.15) is 0 Å². The number of anilines is 1. The first-order chi connectivity index (χ1) is 35.4. The summed E-state index contributed by atoms with van der Waals surface area (Å²) in [5.41, 5.74) is 3.37. The van der Waals surface area contributed by atoms with Crippen LogP contribution in [0.15, 0.2) is 71.6 Å². The number of methoxy groups -OCH3 is 1. The van der Waals surface area contributed by atoms with E-state index in [1.807, 2.05) is 31.2 Å². The first-order valence-corrected chi connectivity index (χ1v) is 26.5. The average molecular weight is 926 g/mol. The van der Waals surface area contributed by atoms with Gasteiger partial charge in [0.25, 0.3) is 10.0 Å². The predicted molar refractivity (Wildman–Crippen MR) is 380 cm³/mol. The van der Waals surface area contributed by atoms with Gasteiger partial charge in [0.15, 0.2) is 0 Å². The molecule has 0 spiro atoms. The van der Waals surface area contributed by atoms with E-state index < -0.39 is 150 Å². The molecule has 0 bridgehead atoms. The summed E-state index contributed by atoms with van der Waals surface area (Å²) in [7, 11) is 145. The summed E-state index contributed by atoms with van der Waals surface area (Å²) in [5.74, 6) is 0.342. The van der Waals surface area contributed by atoms with Crippen LogP contribution in [0.1, 0.15) is 29.5 Å². The molecule has 4 rings (SSSR count). The molecule has 1 unspecified atom stereocenters. The minimum atomic E-state index is -3.83. The Labute approximate surface area is 498 Å². The van der Waals surface area contributed by atoms with Gasteiger partial charge in [-0.05, 0) is 80.1 Å². The van der Waals surface area contributed by atoms with E-state index in [4.69, 9.17) is 183 Å². The number of aryl methyl sites for hydroxylation is 3. The molecule has 0 amide bonds. The average Bonchev–Trinajstić information content (AvgIpc) is 3.29. The summed E-state index contributed by atoms with van der Waals surface area (Å²) in [6.07, 6.45) is -22.2. The molecule has 297 valence electrons. The lowest BCUT2D eigenvalue weighted by Gasteiger charge is -2.56. The molecule has 1 aliphatic heterocycles. The van der Waals surface area contributed by atoms with E-state index >= 15 is 0 Å². The number of halogens is 1. The number of hydrogen-bond donors (Lipinski definition) is 0. The summed E-state index contributed by atoms with van der Waals surface area (Å²) in [4.78, 5) is 0.224. The van der Waals surface area contributed by atoms with E-state index in [9.17, 15) is 12.8 Å². The van der Waals surface area contributed by atoms with Gasteiger partial charge in [-0.25, -0.2) is 12.8 Å². The van der Waals surface area contributed by atoms with Crippen LogP contribution in [0.5, 0.6) is 5.75 Å². The maximum atomic E-state index is 14.1. The van der Waals surface area contributed by atoms with Crippen LogP contribution < -0.4 is 9.04 Å². The number of fused-ring (bicyclic) bond motifs is 1. The SMILES string of the molecule is COc1cccc(CCC2CCc3ccc(F)cc3N2S(=O)(=O)c2ccc(C)cc2)c1.[B][B]B(B([B])[B])B(B(B([B])[B])B([B])[B])B(B(B(B([B])[B])B([B])[B])B(B([B])[B])B([B])[B])B(B(B([B])[B])B([B])[B])B(B([B])[B])B([B])[B]. The van der Waals surface area contributed by atoms with Crippen LogP contribution in [0.3, 0.4) is 0 Å². The van der Waals surface area contributed by atoms with Gasteiger partial charge >= 0.3 is 0 Å². The first kappa shape index (κ1) is 70.3. The first-order valence-electron chi connectivity index (χ1n) is 25.1. The monoisotopic (exact) mass is 935 g/mol. The smallest absolute Gasteiger partial charge is 0.264 e. The quantitative estimate of drug-likeness (QED) is 0.0716. The maximum absolute atomic E-state index is 14.1. The third kappa shape index (κ3) is 18.3. The van der Waals surface area contributed by atoms with E-state index in [1.54, 1.807) is 37.4 Å². The van der Waals surface area contributed by atoms with Crippen molar-refractivity contribution < 1.29 is 17.5 Å². The van der Waals surface area contributed by atoms with Gasteiger partial charge in [-0.1, -0.05) is 35.9 Å². The highest BCUT2D eigenvalue weighted by atomic mass is 32.2. The normalized spacial score (nSPS) is 12.2. The number of ether oxygens (including phenoxy) is 1. The fourth-order valence-corrected chi connectivity index (χ4v) is 13.3. The lowest BCUT2D eigenvalue weighted by Crippen LogP contribution is -2.94. The second kappa shape index (κ2) is 32.2. The van der Waals surface area contributed by atoms with Crippen LogP contribution in [0.2, 0.25) is 0 Å². The fourth-order valence-electron chi connectivity index (χ4n) is 11.6. The summed E-state index contributed by atoms with van der Waals surface area (Å²) in [5, 5.41) is 0. The Balaban J connectivity index is 0.000000424. The third-order valence-electron chi connectivity index (χ3n) is 15.0. The Kier molecular flexibility index (Phi) is 29.8. The number of nitrogens with zero attached hydrogens (tertiary/aromatic N) is 1. The topological polar surface area (TPSA) is 46.6 Å². The predicted octanol–water partition coefficient (Wildman–Crippen LogP) is -11.9. The lowest BCUT2D eigenvalue weighted by molar-refractivity contribution is 0.414. The zero-order valence-electron chi connectivity index (χ0n) is 43.7. The van der Waals surface area contributed by atoms with Gasteiger partial charge in [0, 0.05) is 325 Å². The minimum absolute atomic E-state index is 0.224. The molecule has 4 nitrogen and oxygen atoms in total. The minimum Gasteiger partial charge on any atom is -0.497 e. The fraction of sp³-hybridized carbons (Fsp3) is 0.280. The van der Waals surface area contributed by atoms with Crippen molar-refractivity contribution in [3.05, 3.63) is 89.2 Å². The van der Waals surface area contributed by atoms with Crippen molar-refractivity contribution in [2.45, 2.75) is 43.5 Å². The van der Waals surface area contributed by atoms with E-state index in [-0.39, 0.29) is 10.9 Å². The van der Waals surface area contributed by atoms with Crippen molar-refractivity contribution in [3.63, 3.8) is 0 Å². The Bertz CT molecular complexity index is 2180. The van der Waals surface area contributed by atoms with E-state index in [1.165, 1.54) is 23.5 Å². The molecule has 1 atom stereocenters. The molecule has 1 heterocycles. The lowest BCUT2D eigenvalue weighted by atomic mass is 8.26. The number of rotatable bonds is 27. The van der Waals surface area contributed by atoms with Crippen LogP contribution in [-0.4, -0.2) is 341 Å². The molecular formula is C25H26B45FNO3S. The Morgan fingerprint density at radius 3 is 1.34 bits per heavy atom. The zero-order chi connectivity index (χ0) is 57.8. The number of hydrogen-bond acceptors (Lipinski definition) is 3. The second-order valence-electron chi connectivity index (χ2n) is 20.3. The second-order valence-corrected chi connectivity index (χ2v) is 22.1. The molecule has 0 N–H and O–H groups in total. The summed E-state index contributed by atoms with van der Waals surface area (Å²) in [6.45, 7) is 1.92. The Morgan fingerprint density at radius 2 is 0.961 bits per heavy atom. The molecule has 0 saturated heterocycles. The van der Waals surface area contributed by atoms with Crippen molar-refractivity contribution >= 4 is 335 Å². The van der Waals surface area contributed by atoms with E-state index in [0.717, 1.165) is 28.9 Å². The Morgan fingerprint density at radius 1 is 0.553 bits per heavy atom. The highest BCUT2D eigenvalue weighted by molar-refractivity contribution is 8.34. The Hall–Kier alpha value is 0.0621. The van der Waals surface area contributed by atoms with E-state index in [2.05, 4.69) is 0 Å². The van der Waals surface area contributed by atoms with Crippen LogP contribution in [-0.2, 0) is 22.9 Å². The van der Waals surface area contributed by atoms with Gasteiger partial charge in [-0.15, -0.1) is 0 Å². The maximum Gasteiger partial charge on any atom is 0.264 e. The molecule has 51 heteroatoms. The summed E-state index contributed by atoms with van der Waals surface area (Å²) >= 11 is 0. The van der Waals surface area contributed by atoms with Crippen molar-refractivity contribution in [1.82, 2.24) is 0 Å². The van der Waals surface area contributed by atoms with Crippen LogP contribution in [0.4, 0.5) is 10.1 Å². The molecule has 0 saturated carbocycles. The van der Waals surface area contributed by atoms with E-state index in [0.29, 0.717) is 24.9 Å². The van der Waals surface area contributed by atoms with Gasteiger partial charge in [0.1, 0.15) is 11.6 Å². The molecule has 47 radical (unpaired) electrons. The summed E-state index contributed by atoms with van der Waals surface area (Å²) < 4.78 is 48.2. The standard InChI is InChI=1S/C25H26FNO3S.B45/c1-18-6-14-24(15-7-18)31(28,29)27-22(12-8-19-4-3-5-23(16-19)30-2)13-10-20-9-11-21(26)17-25(20)27;1-24-36(25(2)3)42(37(26(4)5)27(6)7)45(43(38(28(8)9)29(10)11)39(30(12)13)31(14)15)44(40(32(16)17)33(18)19)41(34(20)21)35(22)23/h3-7,9,11,14-17,22H,8,10,12-13H2,1-2H3;. The number of sulfonamides is 1. The summed E-state index contributed by atoms with van der Waals surface area (Å²) in [6, 6.07) is 18.8. The van der Waals surface area contributed by atoms with Gasteiger partial charge in [0.05, 0.1) is 17.7 Å². The molecule has 3 aromatic carbocycles. The highest BCUT2D eigenvalue weighted by Gasteiger charge is 2.58. The van der Waals surface area contributed by atoms with Gasteiger partial charge in [0.2, 0.25) is 0 Å². The molecule has 0 fully saturated rings. The van der Waals surface area contributed by atoms with Crippen molar-refractivity contribution in [3.8, 4) is 5.75 Å². The van der Waals surface area contributed by atoms with Crippen molar-refractivity contribution in [1.29, 1.82) is 0 Å². The van der Waals surface area contributed by atoms with Crippen LogP contribution >= 0.6 is 0 Å². The largest absolute Gasteiger partial charge is 0.497 e. The molecule has 3 aromatic rings. The van der Waals surface area contributed by atoms with Crippen molar-refractivity contribution in [2.75, 3.05) is 11.4 Å². The zero-order valence-corrected chi connectivity index (χ0v) is 44.5. The molecule has 76 heavy (non-hydrogen) atoms. The molecular weight excluding hydrogens is 900 g/mol. The van der Waals surface area contributed by atoms with Gasteiger partial charge < -0.3 is 4.74 Å².